The molecule has 0 amide bonds. The van der Waals surface area contributed by atoms with Gasteiger partial charge < -0.3 is 24.8 Å². The second-order valence-corrected chi connectivity index (χ2v) is 8.71. The first-order valence-corrected chi connectivity index (χ1v) is 11.2. The quantitative estimate of drug-likeness (QED) is 0.541. The molecule has 2 atom stereocenters. The van der Waals surface area contributed by atoms with Crippen molar-refractivity contribution >= 4 is 24.8 Å². The van der Waals surface area contributed by atoms with Crippen LogP contribution in [0.3, 0.4) is 0 Å². The fourth-order valence-electron chi connectivity index (χ4n) is 4.08. The third kappa shape index (κ3) is 9.20. The summed E-state index contributed by atoms with van der Waals surface area (Å²) in [6.45, 7) is 11.3. The molecule has 4 rings (SSSR count). The molecular formula is C25H37Cl2FN2O3. The number of piperidine rings is 1. The van der Waals surface area contributed by atoms with Gasteiger partial charge in [-0.1, -0.05) is 39.8 Å². The molecule has 2 aliphatic rings. The molecule has 0 aliphatic carbocycles. The number of rotatable bonds is 6. The van der Waals surface area contributed by atoms with E-state index in [1.165, 1.54) is 17.7 Å². The maximum absolute atomic E-state index is 13.2. The van der Waals surface area contributed by atoms with Crippen molar-refractivity contribution in [3.05, 3.63) is 53.8 Å². The summed E-state index contributed by atoms with van der Waals surface area (Å²) in [5.41, 5.74) is 1.18. The van der Waals surface area contributed by atoms with Gasteiger partial charge in [0.05, 0.1) is 6.61 Å². The van der Waals surface area contributed by atoms with Crippen LogP contribution in [0.2, 0.25) is 0 Å². The smallest absolute Gasteiger partial charge is 0.231 e. The van der Waals surface area contributed by atoms with Gasteiger partial charge in [0, 0.05) is 30.6 Å². The molecule has 0 radical (unpaired) electrons. The van der Waals surface area contributed by atoms with Crippen molar-refractivity contribution in [1.29, 1.82) is 0 Å². The highest BCUT2D eigenvalue weighted by Gasteiger charge is 2.27. The monoisotopic (exact) mass is 502 g/mol. The minimum atomic E-state index is -0.194. The van der Waals surface area contributed by atoms with Crippen LogP contribution in [-0.4, -0.2) is 38.6 Å². The van der Waals surface area contributed by atoms with Gasteiger partial charge in [0.15, 0.2) is 11.5 Å². The molecular weight excluding hydrogens is 466 g/mol. The fraction of sp³-hybridized carbons (Fsp3) is 0.520. The second kappa shape index (κ2) is 14.5. The summed E-state index contributed by atoms with van der Waals surface area (Å²) in [5, 5.41) is 6.73. The Kier molecular flexibility index (Phi) is 12.9. The lowest BCUT2D eigenvalue weighted by Crippen LogP contribution is -2.38. The van der Waals surface area contributed by atoms with Gasteiger partial charge >= 0.3 is 0 Å². The first kappa shape index (κ1) is 29.3. The Morgan fingerprint density at radius 2 is 1.67 bits per heavy atom. The van der Waals surface area contributed by atoms with E-state index >= 15 is 0 Å². The summed E-state index contributed by atoms with van der Waals surface area (Å²) in [6.07, 6.45) is 1.03. The zero-order valence-electron chi connectivity index (χ0n) is 19.8. The van der Waals surface area contributed by atoms with Gasteiger partial charge in [-0.3, -0.25) is 0 Å². The van der Waals surface area contributed by atoms with Crippen molar-refractivity contribution < 1.29 is 18.6 Å². The molecule has 1 saturated heterocycles. The molecule has 0 saturated carbocycles. The number of halogens is 3. The molecule has 8 heteroatoms. The molecule has 2 aliphatic heterocycles. The lowest BCUT2D eigenvalue weighted by Gasteiger charge is -2.32. The zero-order valence-corrected chi connectivity index (χ0v) is 21.4. The van der Waals surface area contributed by atoms with Crippen molar-refractivity contribution in [2.45, 2.75) is 52.1 Å². The van der Waals surface area contributed by atoms with Crippen LogP contribution in [0.5, 0.6) is 17.2 Å². The minimum absolute atomic E-state index is 0. The lowest BCUT2D eigenvalue weighted by atomic mass is 9.81. The predicted octanol–water partition coefficient (Wildman–Crippen LogP) is 5.56. The van der Waals surface area contributed by atoms with Crippen molar-refractivity contribution in [3.8, 4) is 17.2 Å². The van der Waals surface area contributed by atoms with E-state index in [0.29, 0.717) is 30.5 Å². The summed E-state index contributed by atoms with van der Waals surface area (Å²) < 4.78 is 29.9. The van der Waals surface area contributed by atoms with E-state index in [2.05, 4.69) is 38.3 Å². The molecule has 2 N–H and O–H groups in total. The Balaban J connectivity index is 0.000000533. The first-order chi connectivity index (χ1) is 14.9. The first-order valence-electron chi connectivity index (χ1n) is 11.2. The van der Waals surface area contributed by atoms with Gasteiger partial charge in [-0.15, -0.1) is 24.8 Å². The normalized spacial score (nSPS) is 18.6. The van der Waals surface area contributed by atoms with Crippen LogP contribution in [0.25, 0.3) is 0 Å². The van der Waals surface area contributed by atoms with Gasteiger partial charge in [0.1, 0.15) is 11.6 Å². The van der Waals surface area contributed by atoms with Gasteiger partial charge in [0.25, 0.3) is 0 Å². The average molecular weight is 503 g/mol. The molecule has 1 fully saturated rings. The van der Waals surface area contributed by atoms with Crippen molar-refractivity contribution in [1.82, 2.24) is 10.6 Å². The average Bonchev–Trinajstić information content (AvgIpc) is 3.20. The van der Waals surface area contributed by atoms with E-state index < -0.39 is 0 Å². The SMILES string of the molecule is CC(C)NC(C)C.Cl.Cl.Fc1ccc(C2CCNCC2COc2ccc3c(c2)OCO3)cc1. The highest BCUT2D eigenvalue weighted by atomic mass is 35.5. The molecule has 33 heavy (non-hydrogen) atoms. The van der Waals surface area contributed by atoms with Crippen LogP contribution >= 0.6 is 24.8 Å². The summed E-state index contributed by atoms with van der Waals surface area (Å²) in [7, 11) is 0. The molecule has 2 heterocycles. The van der Waals surface area contributed by atoms with Crippen LogP contribution < -0.4 is 24.8 Å². The van der Waals surface area contributed by atoms with Crippen molar-refractivity contribution in [2.75, 3.05) is 26.5 Å². The Morgan fingerprint density at radius 1 is 1.00 bits per heavy atom. The van der Waals surface area contributed by atoms with Gasteiger partial charge in [-0.05, 0) is 48.7 Å². The van der Waals surface area contributed by atoms with E-state index in [0.717, 1.165) is 36.8 Å². The van der Waals surface area contributed by atoms with E-state index in [1.807, 2.05) is 30.3 Å². The molecule has 0 bridgehead atoms. The zero-order chi connectivity index (χ0) is 22.2. The summed E-state index contributed by atoms with van der Waals surface area (Å²) in [6, 6.07) is 13.7. The molecule has 186 valence electrons. The minimum Gasteiger partial charge on any atom is -0.493 e. The third-order valence-corrected chi connectivity index (χ3v) is 5.38. The second-order valence-electron chi connectivity index (χ2n) is 8.71. The molecule has 5 nitrogen and oxygen atoms in total. The summed E-state index contributed by atoms with van der Waals surface area (Å²) in [4.78, 5) is 0. The topological polar surface area (TPSA) is 51.8 Å². The van der Waals surface area contributed by atoms with Crippen molar-refractivity contribution in [2.24, 2.45) is 5.92 Å². The van der Waals surface area contributed by atoms with Crippen molar-refractivity contribution in [3.63, 3.8) is 0 Å². The van der Waals surface area contributed by atoms with Crippen LogP contribution in [0.1, 0.15) is 45.6 Å². The maximum Gasteiger partial charge on any atom is 0.231 e. The highest BCUT2D eigenvalue weighted by Crippen LogP contribution is 2.36. The standard InChI is InChI=1S/C19H20FNO3.C6H15N.2ClH/c20-15-3-1-13(2-4-15)17-7-8-21-10-14(17)11-22-16-5-6-18-19(9-16)24-12-23-18;1-5(2)7-6(3)4;;/h1-6,9,14,17,21H,7-8,10-12H2;5-7H,1-4H3;2*1H. The predicted molar refractivity (Wildman–Crippen MR) is 136 cm³/mol. The van der Waals surface area contributed by atoms with Crippen LogP contribution in [0.15, 0.2) is 42.5 Å². The number of fused-ring (bicyclic) bond motifs is 1. The summed E-state index contributed by atoms with van der Waals surface area (Å²) in [5.74, 6) is 2.79. The Morgan fingerprint density at radius 3 is 2.30 bits per heavy atom. The van der Waals surface area contributed by atoms with Gasteiger partial charge in [0.2, 0.25) is 6.79 Å². The number of nitrogens with one attached hydrogen (secondary N) is 2. The van der Waals surface area contributed by atoms with E-state index in [1.54, 1.807) is 0 Å². The summed E-state index contributed by atoms with van der Waals surface area (Å²) >= 11 is 0. The largest absolute Gasteiger partial charge is 0.493 e. The van der Waals surface area contributed by atoms with Crippen LogP contribution in [0.4, 0.5) is 4.39 Å². The maximum atomic E-state index is 13.2. The molecule has 0 aromatic heterocycles. The van der Waals surface area contributed by atoms with Crippen LogP contribution in [-0.2, 0) is 0 Å². The highest BCUT2D eigenvalue weighted by molar-refractivity contribution is 5.85. The van der Waals surface area contributed by atoms with Crippen LogP contribution in [0, 0.1) is 11.7 Å². The third-order valence-electron chi connectivity index (χ3n) is 5.38. The Labute approximate surface area is 209 Å². The van der Waals surface area contributed by atoms with E-state index in [4.69, 9.17) is 14.2 Å². The fourth-order valence-corrected chi connectivity index (χ4v) is 4.08. The van der Waals surface area contributed by atoms with E-state index in [9.17, 15) is 4.39 Å². The van der Waals surface area contributed by atoms with Gasteiger partial charge in [-0.2, -0.15) is 0 Å². The molecule has 2 unspecified atom stereocenters. The van der Waals surface area contributed by atoms with E-state index in [-0.39, 0.29) is 37.4 Å². The Hall–Kier alpha value is -1.73. The number of hydrogen-bond donors (Lipinski definition) is 2. The number of ether oxygens (including phenoxy) is 3. The Bertz CT molecular complexity index is 816. The molecule has 2 aromatic rings. The lowest BCUT2D eigenvalue weighted by molar-refractivity contribution is 0.173. The molecule has 2 aromatic carbocycles. The molecule has 0 spiro atoms. The van der Waals surface area contributed by atoms with Gasteiger partial charge in [-0.25, -0.2) is 4.39 Å². The number of hydrogen-bond acceptors (Lipinski definition) is 5. The number of benzene rings is 2.